The Morgan fingerprint density at radius 2 is 1.82 bits per heavy atom. The molecule has 3 unspecified atom stereocenters. The van der Waals surface area contributed by atoms with Gasteiger partial charge in [-0.2, -0.15) is 0 Å². The summed E-state index contributed by atoms with van der Waals surface area (Å²) >= 11 is 0. The van der Waals surface area contributed by atoms with Gasteiger partial charge in [0.1, 0.15) is 6.61 Å². The van der Waals surface area contributed by atoms with E-state index in [9.17, 15) is 19.0 Å². The lowest BCUT2D eigenvalue weighted by Gasteiger charge is -2.47. The molecule has 2 heterocycles. The van der Waals surface area contributed by atoms with Gasteiger partial charge >= 0.3 is 0 Å². The minimum Gasteiger partial charge on any atom is -0.493 e. The molecule has 1 saturated heterocycles. The van der Waals surface area contributed by atoms with Gasteiger partial charge in [0.15, 0.2) is 11.5 Å². The monoisotopic (exact) mass is 467 g/mol. The number of nitrogens with zero attached hydrogens (tertiary/aromatic N) is 1. The second-order valence-corrected chi connectivity index (χ2v) is 11.7. The van der Waals surface area contributed by atoms with Crippen molar-refractivity contribution in [1.82, 2.24) is 4.90 Å². The second-order valence-electron chi connectivity index (χ2n) is 11.7. The number of piperidine rings is 1. The molecule has 0 amide bonds. The molecule has 0 bridgehead atoms. The zero-order chi connectivity index (χ0) is 24.0. The summed E-state index contributed by atoms with van der Waals surface area (Å²) in [6.45, 7) is 8.45. The fourth-order valence-corrected chi connectivity index (χ4v) is 5.80. The normalized spacial score (nSPS) is 29.2. The van der Waals surface area contributed by atoms with E-state index in [0.717, 1.165) is 37.1 Å². The number of benzene rings is 1. The predicted octanol–water partition coefficient (Wildman–Crippen LogP) is 4.73. The van der Waals surface area contributed by atoms with Crippen LogP contribution in [-0.2, 0) is 6.42 Å². The number of hydrogen-bond acceptors (Lipinski definition) is 5. The van der Waals surface area contributed by atoms with Crippen molar-refractivity contribution in [3.63, 3.8) is 0 Å². The van der Waals surface area contributed by atoms with E-state index < -0.39 is 11.5 Å². The Kier molecular flexibility index (Phi) is 6.71. The number of methoxy groups -OCH3 is 1. The van der Waals surface area contributed by atoms with Crippen molar-refractivity contribution in [3.05, 3.63) is 23.3 Å². The zero-order valence-corrected chi connectivity index (χ0v) is 20.4. The maximum absolute atomic E-state index is 13.5. The molecule has 0 radical (unpaired) electrons. The van der Waals surface area contributed by atoms with Gasteiger partial charge in [-0.15, -0.1) is 0 Å². The third-order valence-electron chi connectivity index (χ3n) is 7.65. The molecule has 0 aromatic heterocycles. The van der Waals surface area contributed by atoms with Crippen LogP contribution < -0.4 is 9.47 Å². The highest BCUT2D eigenvalue weighted by molar-refractivity contribution is 5.49. The average Bonchev–Trinajstić information content (AvgIpc) is 2.74. The molecule has 186 valence electrons. The van der Waals surface area contributed by atoms with E-state index in [0.29, 0.717) is 17.9 Å². The summed E-state index contributed by atoms with van der Waals surface area (Å²) < 4.78 is 38.5. The highest BCUT2D eigenvalue weighted by atomic mass is 19.3. The molecule has 2 fully saturated rings. The Balaban J connectivity index is 1.48. The number of aliphatic hydroxyl groups is 2. The van der Waals surface area contributed by atoms with E-state index in [2.05, 4.69) is 25.7 Å². The van der Waals surface area contributed by atoms with Crippen molar-refractivity contribution >= 4 is 0 Å². The van der Waals surface area contributed by atoms with Crippen LogP contribution >= 0.6 is 0 Å². The summed E-state index contributed by atoms with van der Waals surface area (Å²) in [4.78, 5) is 2.48. The summed E-state index contributed by atoms with van der Waals surface area (Å²) in [6, 6.07) is 4.12. The highest BCUT2D eigenvalue weighted by Crippen LogP contribution is 2.45. The lowest BCUT2D eigenvalue weighted by Crippen LogP contribution is -2.48. The summed E-state index contributed by atoms with van der Waals surface area (Å²) in [7, 11) is 1.58. The molecular weight excluding hydrogens is 428 g/mol. The smallest absolute Gasteiger partial charge is 0.248 e. The van der Waals surface area contributed by atoms with Gasteiger partial charge < -0.3 is 19.7 Å². The highest BCUT2D eigenvalue weighted by Gasteiger charge is 2.43. The van der Waals surface area contributed by atoms with Crippen LogP contribution in [0.3, 0.4) is 0 Å². The van der Waals surface area contributed by atoms with Crippen LogP contribution in [0.2, 0.25) is 0 Å². The summed E-state index contributed by atoms with van der Waals surface area (Å²) in [6.07, 6.45) is 1.66. The SMILES string of the molecule is COc1cc2c(cc1OCC1(O)CCC(F)(F)CC1)CCN1CC(CC(C)(C)C)C(O)CC21. The van der Waals surface area contributed by atoms with Crippen LogP contribution in [0.25, 0.3) is 0 Å². The zero-order valence-electron chi connectivity index (χ0n) is 20.4. The standard InChI is InChI=1S/C26H39F2NO4/c1-24(2,3)14-18-15-29-10-5-17-11-23(22(32-4)12-19(17)20(29)13-21(18)30)33-16-25(31)6-8-26(27,28)9-7-25/h11-12,18,20-21,30-31H,5-10,13-16H2,1-4H3. The van der Waals surface area contributed by atoms with Crippen molar-refractivity contribution in [2.24, 2.45) is 11.3 Å². The molecule has 0 spiro atoms. The van der Waals surface area contributed by atoms with E-state index in [4.69, 9.17) is 9.47 Å². The quantitative estimate of drug-likeness (QED) is 0.656. The molecule has 2 N–H and O–H groups in total. The van der Waals surface area contributed by atoms with E-state index in [-0.39, 0.29) is 55.8 Å². The Hall–Kier alpha value is -1.44. The van der Waals surface area contributed by atoms with Gasteiger partial charge in [0, 0.05) is 32.0 Å². The van der Waals surface area contributed by atoms with Crippen molar-refractivity contribution in [2.45, 2.75) is 89.4 Å². The number of ether oxygens (including phenoxy) is 2. The van der Waals surface area contributed by atoms with Crippen LogP contribution in [0.15, 0.2) is 12.1 Å². The molecule has 1 saturated carbocycles. The van der Waals surface area contributed by atoms with Gasteiger partial charge in [0.2, 0.25) is 5.92 Å². The Bertz CT molecular complexity index is 843. The van der Waals surface area contributed by atoms with E-state index in [1.165, 1.54) is 0 Å². The van der Waals surface area contributed by atoms with Crippen LogP contribution in [0.4, 0.5) is 8.78 Å². The molecule has 2 aliphatic heterocycles. The van der Waals surface area contributed by atoms with Gasteiger partial charge in [-0.05, 0) is 66.7 Å². The number of hydrogen-bond donors (Lipinski definition) is 2. The number of halogens is 2. The molecule has 1 aliphatic carbocycles. The molecule has 3 atom stereocenters. The Morgan fingerprint density at radius 1 is 1.12 bits per heavy atom. The fraction of sp³-hybridized carbons (Fsp3) is 0.769. The third kappa shape index (κ3) is 5.63. The van der Waals surface area contributed by atoms with Crippen LogP contribution in [0.5, 0.6) is 11.5 Å². The Morgan fingerprint density at radius 3 is 2.45 bits per heavy atom. The first-order valence-electron chi connectivity index (χ1n) is 12.2. The van der Waals surface area contributed by atoms with Crippen molar-refractivity contribution in [2.75, 3.05) is 26.8 Å². The molecule has 1 aromatic rings. The summed E-state index contributed by atoms with van der Waals surface area (Å²) in [5, 5.41) is 21.6. The van der Waals surface area contributed by atoms with Gasteiger partial charge in [-0.3, -0.25) is 4.90 Å². The van der Waals surface area contributed by atoms with Crippen LogP contribution in [-0.4, -0.2) is 59.5 Å². The number of fused-ring (bicyclic) bond motifs is 3. The van der Waals surface area contributed by atoms with Crippen LogP contribution in [0, 0.1) is 11.3 Å². The lowest BCUT2D eigenvalue weighted by molar-refractivity contribution is -0.116. The van der Waals surface area contributed by atoms with Crippen LogP contribution in [0.1, 0.15) is 76.5 Å². The fourth-order valence-electron chi connectivity index (χ4n) is 5.80. The average molecular weight is 468 g/mol. The maximum atomic E-state index is 13.5. The number of alkyl halides is 2. The number of rotatable bonds is 5. The Labute approximate surface area is 196 Å². The molecule has 33 heavy (non-hydrogen) atoms. The minimum atomic E-state index is -2.70. The van der Waals surface area contributed by atoms with E-state index in [1.807, 2.05) is 12.1 Å². The largest absolute Gasteiger partial charge is 0.493 e. The van der Waals surface area contributed by atoms with Gasteiger partial charge in [0.05, 0.1) is 18.8 Å². The van der Waals surface area contributed by atoms with Crippen molar-refractivity contribution < 1.29 is 28.5 Å². The molecule has 7 heteroatoms. The predicted molar refractivity (Wildman–Crippen MR) is 123 cm³/mol. The van der Waals surface area contributed by atoms with Crippen molar-refractivity contribution in [1.29, 1.82) is 0 Å². The van der Waals surface area contributed by atoms with E-state index in [1.54, 1.807) is 7.11 Å². The lowest BCUT2D eigenvalue weighted by atomic mass is 9.75. The third-order valence-corrected chi connectivity index (χ3v) is 7.65. The number of aliphatic hydroxyl groups excluding tert-OH is 1. The molecule has 3 aliphatic rings. The second kappa shape index (κ2) is 8.97. The van der Waals surface area contributed by atoms with Crippen molar-refractivity contribution in [3.8, 4) is 11.5 Å². The first-order valence-corrected chi connectivity index (χ1v) is 12.2. The van der Waals surface area contributed by atoms with Gasteiger partial charge in [-0.25, -0.2) is 8.78 Å². The molecule has 5 nitrogen and oxygen atoms in total. The first-order chi connectivity index (χ1) is 15.4. The topological polar surface area (TPSA) is 62.2 Å². The summed E-state index contributed by atoms with van der Waals surface area (Å²) in [5.41, 5.74) is 1.26. The molecule has 4 rings (SSSR count). The summed E-state index contributed by atoms with van der Waals surface area (Å²) in [5.74, 6) is -1.31. The van der Waals surface area contributed by atoms with E-state index >= 15 is 0 Å². The molecule has 1 aromatic carbocycles. The minimum absolute atomic E-state index is 0.0257. The van der Waals surface area contributed by atoms with Gasteiger partial charge in [-0.1, -0.05) is 20.8 Å². The van der Waals surface area contributed by atoms with Gasteiger partial charge in [0.25, 0.3) is 0 Å². The maximum Gasteiger partial charge on any atom is 0.248 e. The first kappa shape index (κ1) is 24.7. The molecular formula is C26H39F2NO4.